The third kappa shape index (κ3) is 1.50. The fourth-order valence-corrected chi connectivity index (χ4v) is 1.96. The zero-order chi connectivity index (χ0) is 9.26. The van der Waals surface area contributed by atoms with Gasteiger partial charge in [-0.05, 0) is 13.0 Å². The standard InChI is InChI=1S/C9H9NO2S/c1-6-8(2-3-12-6)9-10-4-7(5-11)13-9/h2-4,11H,5H2,1H3. The second kappa shape index (κ2) is 3.32. The maximum Gasteiger partial charge on any atom is 0.127 e. The molecule has 0 spiro atoms. The fraction of sp³-hybridized carbons (Fsp3) is 0.222. The van der Waals surface area contributed by atoms with Crippen LogP contribution < -0.4 is 0 Å². The van der Waals surface area contributed by atoms with Crippen LogP contribution in [0, 0.1) is 6.92 Å². The molecular formula is C9H9NO2S. The van der Waals surface area contributed by atoms with Gasteiger partial charge in [0.1, 0.15) is 10.8 Å². The molecule has 0 saturated heterocycles. The molecule has 0 saturated carbocycles. The maximum absolute atomic E-state index is 8.86. The number of aromatic nitrogens is 1. The molecule has 0 aromatic carbocycles. The lowest BCUT2D eigenvalue weighted by atomic mass is 10.3. The largest absolute Gasteiger partial charge is 0.469 e. The number of hydrogen-bond acceptors (Lipinski definition) is 4. The summed E-state index contributed by atoms with van der Waals surface area (Å²) in [6, 6.07) is 1.88. The van der Waals surface area contributed by atoms with Crippen molar-refractivity contribution >= 4 is 11.3 Å². The van der Waals surface area contributed by atoms with Gasteiger partial charge in [-0.1, -0.05) is 0 Å². The number of furan rings is 1. The van der Waals surface area contributed by atoms with Crippen LogP contribution in [-0.2, 0) is 6.61 Å². The van der Waals surface area contributed by atoms with Crippen molar-refractivity contribution in [2.24, 2.45) is 0 Å². The molecular weight excluding hydrogens is 186 g/mol. The van der Waals surface area contributed by atoms with Gasteiger partial charge in [0.25, 0.3) is 0 Å². The SMILES string of the molecule is Cc1occc1-c1ncc(CO)s1. The smallest absolute Gasteiger partial charge is 0.127 e. The predicted octanol–water partition coefficient (Wildman–Crippen LogP) is 2.20. The summed E-state index contributed by atoms with van der Waals surface area (Å²) in [6.07, 6.45) is 3.33. The van der Waals surface area contributed by atoms with E-state index in [0.29, 0.717) is 0 Å². The summed E-state index contributed by atoms with van der Waals surface area (Å²) in [5, 5.41) is 9.76. The molecule has 0 amide bonds. The van der Waals surface area contributed by atoms with Crippen LogP contribution in [0.15, 0.2) is 22.9 Å². The first-order valence-electron chi connectivity index (χ1n) is 3.91. The molecule has 68 valence electrons. The van der Waals surface area contributed by atoms with Gasteiger partial charge in [0.15, 0.2) is 0 Å². The fourth-order valence-electron chi connectivity index (χ4n) is 1.11. The molecule has 0 aliphatic rings. The van der Waals surface area contributed by atoms with Crippen LogP contribution in [0.25, 0.3) is 10.6 Å². The average molecular weight is 195 g/mol. The highest BCUT2D eigenvalue weighted by molar-refractivity contribution is 7.15. The van der Waals surface area contributed by atoms with Crippen molar-refractivity contribution in [2.75, 3.05) is 0 Å². The molecule has 0 aliphatic carbocycles. The summed E-state index contributed by atoms with van der Waals surface area (Å²) in [4.78, 5) is 5.06. The Kier molecular flexibility index (Phi) is 2.16. The molecule has 4 heteroatoms. The molecule has 2 aromatic heterocycles. The highest BCUT2D eigenvalue weighted by Gasteiger charge is 2.08. The Balaban J connectivity index is 2.41. The van der Waals surface area contributed by atoms with Crippen molar-refractivity contribution in [1.82, 2.24) is 4.98 Å². The van der Waals surface area contributed by atoms with Crippen LogP contribution in [0.1, 0.15) is 10.6 Å². The van der Waals surface area contributed by atoms with E-state index in [0.717, 1.165) is 21.2 Å². The van der Waals surface area contributed by atoms with Crippen LogP contribution in [0.4, 0.5) is 0 Å². The number of thiazole rings is 1. The number of aliphatic hydroxyl groups excluding tert-OH is 1. The van der Waals surface area contributed by atoms with E-state index >= 15 is 0 Å². The molecule has 0 aliphatic heterocycles. The minimum Gasteiger partial charge on any atom is -0.469 e. The van der Waals surface area contributed by atoms with Crippen LogP contribution >= 0.6 is 11.3 Å². The van der Waals surface area contributed by atoms with E-state index in [1.807, 2.05) is 13.0 Å². The lowest BCUT2D eigenvalue weighted by Crippen LogP contribution is -1.72. The predicted molar refractivity (Wildman–Crippen MR) is 50.5 cm³/mol. The van der Waals surface area contributed by atoms with Gasteiger partial charge in [0, 0.05) is 6.20 Å². The van der Waals surface area contributed by atoms with Crippen molar-refractivity contribution in [3.05, 3.63) is 29.2 Å². The topological polar surface area (TPSA) is 46.3 Å². The molecule has 0 atom stereocenters. The second-order valence-corrected chi connectivity index (χ2v) is 3.80. The Morgan fingerprint density at radius 3 is 3.00 bits per heavy atom. The van der Waals surface area contributed by atoms with E-state index in [9.17, 15) is 0 Å². The Bertz CT molecular complexity index is 405. The Hall–Kier alpha value is -1.13. The highest BCUT2D eigenvalue weighted by Crippen LogP contribution is 2.28. The molecule has 13 heavy (non-hydrogen) atoms. The number of nitrogens with zero attached hydrogens (tertiary/aromatic N) is 1. The van der Waals surface area contributed by atoms with Crippen LogP contribution in [0.5, 0.6) is 0 Å². The molecule has 2 heterocycles. The van der Waals surface area contributed by atoms with Gasteiger partial charge in [-0.25, -0.2) is 4.98 Å². The molecule has 0 unspecified atom stereocenters. The lowest BCUT2D eigenvalue weighted by molar-refractivity contribution is 0.285. The van der Waals surface area contributed by atoms with E-state index < -0.39 is 0 Å². The number of aliphatic hydroxyl groups is 1. The maximum atomic E-state index is 8.86. The van der Waals surface area contributed by atoms with Gasteiger partial charge in [-0.2, -0.15) is 0 Å². The number of aryl methyl sites for hydroxylation is 1. The van der Waals surface area contributed by atoms with E-state index in [1.54, 1.807) is 12.5 Å². The van der Waals surface area contributed by atoms with E-state index in [1.165, 1.54) is 11.3 Å². The zero-order valence-electron chi connectivity index (χ0n) is 7.15. The summed E-state index contributed by atoms with van der Waals surface area (Å²) >= 11 is 1.48. The second-order valence-electron chi connectivity index (χ2n) is 2.68. The summed E-state index contributed by atoms with van der Waals surface area (Å²) < 4.78 is 5.17. The first kappa shape index (κ1) is 8.47. The highest BCUT2D eigenvalue weighted by atomic mass is 32.1. The van der Waals surface area contributed by atoms with Gasteiger partial charge in [0.05, 0.1) is 23.3 Å². The lowest BCUT2D eigenvalue weighted by Gasteiger charge is -1.90. The molecule has 2 rings (SSSR count). The van der Waals surface area contributed by atoms with Gasteiger partial charge < -0.3 is 9.52 Å². The van der Waals surface area contributed by atoms with Crippen LogP contribution in [0.2, 0.25) is 0 Å². The molecule has 1 N–H and O–H groups in total. The first-order valence-corrected chi connectivity index (χ1v) is 4.73. The molecule has 0 fully saturated rings. The molecule has 0 radical (unpaired) electrons. The van der Waals surface area contributed by atoms with Crippen LogP contribution in [0.3, 0.4) is 0 Å². The minimum atomic E-state index is 0.0502. The van der Waals surface area contributed by atoms with Crippen molar-refractivity contribution < 1.29 is 9.52 Å². The van der Waals surface area contributed by atoms with E-state index in [4.69, 9.17) is 9.52 Å². The third-order valence-electron chi connectivity index (χ3n) is 1.80. The quantitative estimate of drug-likeness (QED) is 0.799. The summed E-state index contributed by atoms with van der Waals surface area (Å²) in [6.45, 7) is 1.95. The normalized spacial score (nSPS) is 10.6. The molecule has 2 aromatic rings. The van der Waals surface area contributed by atoms with Crippen molar-refractivity contribution in [3.63, 3.8) is 0 Å². The number of rotatable bonds is 2. The van der Waals surface area contributed by atoms with Gasteiger partial charge >= 0.3 is 0 Å². The van der Waals surface area contributed by atoms with Gasteiger partial charge in [-0.15, -0.1) is 11.3 Å². The monoisotopic (exact) mass is 195 g/mol. The molecule has 3 nitrogen and oxygen atoms in total. The Labute approximate surface area is 79.7 Å². The van der Waals surface area contributed by atoms with E-state index in [-0.39, 0.29) is 6.61 Å². The summed E-state index contributed by atoms with van der Waals surface area (Å²) in [5.41, 5.74) is 1.00. The first-order chi connectivity index (χ1) is 6.31. The minimum absolute atomic E-state index is 0.0502. The van der Waals surface area contributed by atoms with Crippen LogP contribution in [-0.4, -0.2) is 10.1 Å². The third-order valence-corrected chi connectivity index (χ3v) is 2.81. The average Bonchev–Trinajstić information content (AvgIpc) is 2.71. The van der Waals surface area contributed by atoms with Gasteiger partial charge in [-0.3, -0.25) is 0 Å². The number of hydrogen-bond donors (Lipinski definition) is 1. The summed E-state index contributed by atoms with van der Waals surface area (Å²) in [7, 11) is 0. The van der Waals surface area contributed by atoms with Crippen molar-refractivity contribution in [3.8, 4) is 10.6 Å². The zero-order valence-corrected chi connectivity index (χ0v) is 7.97. The summed E-state index contributed by atoms with van der Waals surface area (Å²) in [5.74, 6) is 0.860. The molecule has 0 bridgehead atoms. The Morgan fingerprint density at radius 2 is 2.46 bits per heavy atom. The van der Waals surface area contributed by atoms with E-state index in [2.05, 4.69) is 4.98 Å². The Morgan fingerprint density at radius 1 is 1.62 bits per heavy atom. The van der Waals surface area contributed by atoms with Crippen molar-refractivity contribution in [2.45, 2.75) is 13.5 Å². The van der Waals surface area contributed by atoms with Gasteiger partial charge in [0.2, 0.25) is 0 Å². The van der Waals surface area contributed by atoms with Crippen molar-refractivity contribution in [1.29, 1.82) is 0 Å².